The third kappa shape index (κ3) is 4.14. The summed E-state index contributed by atoms with van der Waals surface area (Å²) in [5, 5.41) is 15.4. The summed E-state index contributed by atoms with van der Waals surface area (Å²) in [5.41, 5.74) is 2.89. The number of phenols is 1. The summed E-state index contributed by atoms with van der Waals surface area (Å²) in [4.78, 5) is 19.7. The second-order valence-corrected chi connectivity index (χ2v) is 6.49. The lowest BCUT2D eigenvalue weighted by Crippen LogP contribution is -2.04. The summed E-state index contributed by atoms with van der Waals surface area (Å²) in [6.45, 7) is 0. The molecule has 0 saturated heterocycles. The highest BCUT2D eigenvalue weighted by Gasteiger charge is 2.11. The predicted molar refractivity (Wildman–Crippen MR) is 110 cm³/mol. The van der Waals surface area contributed by atoms with Gasteiger partial charge in [-0.05, 0) is 35.9 Å². The lowest BCUT2D eigenvalue weighted by molar-refractivity contribution is -0.139. The van der Waals surface area contributed by atoms with E-state index in [9.17, 15) is 14.3 Å². The largest absolute Gasteiger partial charge is 0.508 e. The number of methoxy groups -OCH3 is 1. The number of carbonyl (C=O) groups is 1. The third-order valence-electron chi connectivity index (χ3n) is 4.41. The van der Waals surface area contributed by atoms with Crippen LogP contribution in [0.4, 0.5) is 27.5 Å². The standard InChI is InChI=1S/C21H18FN5O3/c1-30-19(29)9-13-7-8-27-12-15(5-6-18(13)27)25-21-23-11-17(22)20(26-21)24-14-3-2-4-16(28)10-14/h2-8,10-12,28H,9H2,1H3,(H2,23,24,25,26). The van der Waals surface area contributed by atoms with Crippen LogP contribution in [0.2, 0.25) is 0 Å². The monoisotopic (exact) mass is 407 g/mol. The summed E-state index contributed by atoms with van der Waals surface area (Å²) >= 11 is 0. The summed E-state index contributed by atoms with van der Waals surface area (Å²) < 4.78 is 20.7. The number of hydrogen-bond acceptors (Lipinski definition) is 7. The number of nitrogens with zero attached hydrogens (tertiary/aromatic N) is 3. The van der Waals surface area contributed by atoms with Gasteiger partial charge >= 0.3 is 5.97 Å². The van der Waals surface area contributed by atoms with E-state index in [1.165, 1.54) is 19.2 Å². The van der Waals surface area contributed by atoms with Crippen LogP contribution < -0.4 is 10.6 Å². The Labute approximate surface area is 171 Å². The van der Waals surface area contributed by atoms with Crippen LogP contribution in [0, 0.1) is 5.82 Å². The number of anilines is 4. The van der Waals surface area contributed by atoms with Crippen LogP contribution in [0.3, 0.4) is 0 Å². The number of aromatic hydroxyl groups is 1. The summed E-state index contributed by atoms with van der Waals surface area (Å²) in [5.74, 6) is -0.714. The Hall–Kier alpha value is -4.14. The average Bonchev–Trinajstić information content (AvgIpc) is 3.12. The lowest BCUT2D eigenvalue weighted by atomic mass is 10.2. The molecular formula is C21H18FN5O3. The molecule has 0 bridgehead atoms. The van der Waals surface area contributed by atoms with Crippen LogP contribution >= 0.6 is 0 Å². The zero-order chi connectivity index (χ0) is 21.1. The van der Waals surface area contributed by atoms with Gasteiger partial charge in [-0.2, -0.15) is 4.98 Å². The van der Waals surface area contributed by atoms with Crippen molar-refractivity contribution in [1.82, 2.24) is 14.4 Å². The van der Waals surface area contributed by atoms with Crippen molar-refractivity contribution in [1.29, 1.82) is 0 Å². The first-order valence-corrected chi connectivity index (χ1v) is 9.04. The molecule has 0 amide bonds. The minimum atomic E-state index is -0.628. The van der Waals surface area contributed by atoms with E-state index in [0.717, 1.165) is 17.3 Å². The number of hydrogen-bond donors (Lipinski definition) is 3. The Kier molecular flexibility index (Phi) is 5.17. The minimum Gasteiger partial charge on any atom is -0.508 e. The smallest absolute Gasteiger partial charge is 0.310 e. The second kappa shape index (κ2) is 8.08. The number of carbonyl (C=O) groups excluding carboxylic acids is 1. The first kappa shape index (κ1) is 19.2. The lowest BCUT2D eigenvalue weighted by Gasteiger charge is -2.10. The molecule has 0 aliphatic carbocycles. The van der Waals surface area contributed by atoms with Crippen LogP contribution in [0.1, 0.15) is 5.56 Å². The molecule has 3 heterocycles. The van der Waals surface area contributed by atoms with Crippen molar-refractivity contribution in [2.45, 2.75) is 6.42 Å². The van der Waals surface area contributed by atoms with Gasteiger partial charge in [0.15, 0.2) is 11.6 Å². The van der Waals surface area contributed by atoms with E-state index in [2.05, 4.69) is 20.6 Å². The van der Waals surface area contributed by atoms with Crippen molar-refractivity contribution >= 4 is 34.6 Å². The van der Waals surface area contributed by atoms with Crippen LogP contribution in [0.25, 0.3) is 5.52 Å². The first-order chi connectivity index (χ1) is 14.5. The number of nitrogens with one attached hydrogen (secondary N) is 2. The second-order valence-electron chi connectivity index (χ2n) is 6.49. The maximum absolute atomic E-state index is 14.1. The minimum absolute atomic E-state index is 0.0273. The van der Waals surface area contributed by atoms with Crippen LogP contribution in [-0.2, 0) is 16.0 Å². The van der Waals surface area contributed by atoms with Gasteiger partial charge in [-0.1, -0.05) is 6.07 Å². The van der Waals surface area contributed by atoms with Gasteiger partial charge in [0.05, 0.1) is 25.4 Å². The molecule has 0 fully saturated rings. The molecule has 1 aromatic carbocycles. The molecular weight excluding hydrogens is 389 g/mol. The van der Waals surface area contributed by atoms with Gasteiger partial charge < -0.3 is 24.9 Å². The van der Waals surface area contributed by atoms with E-state index in [1.807, 2.05) is 35.0 Å². The molecule has 152 valence electrons. The highest BCUT2D eigenvalue weighted by atomic mass is 19.1. The molecule has 0 atom stereocenters. The molecule has 0 saturated carbocycles. The molecule has 0 radical (unpaired) electrons. The van der Waals surface area contributed by atoms with Crippen LogP contribution in [0.15, 0.2) is 61.1 Å². The quantitative estimate of drug-likeness (QED) is 0.418. The highest BCUT2D eigenvalue weighted by molar-refractivity contribution is 5.76. The molecule has 0 aliphatic rings. The molecule has 3 aromatic heterocycles. The van der Waals surface area contributed by atoms with Crippen molar-refractivity contribution in [2.75, 3.05) is 17.7 Å². The van der Waals surface area contributed by atoms with E-state index in [4.69, 9.17) is 4.74 Å². The van der Waals surface area contributed by atoms with E-state index < -0.39 is 5.82 Å². The van der Waals surface area contributed by atoms with Gasteiger partial charge in [0.1, 0.15) is 5.75 Å². The number of fused-ring (bicyclic) bond motifs is 1. The first-order valence-electron chi connectivity index (χ1n) is 9.04. The molecule has 0 unspecified atom stereocenters. The van der Waals surface area contributed by atoms with E-state index in [0.29, 0.717) is 11.4 Å². The molecule has 0 spiro atoms. The van der Waals surface area contributed by atoms with Crippen molar-refractivity contribution in [2.24, 2.45) is 0 Å². The number of benzene rings is 1. The van der Waals surface area contributed by atoms with Crippen molar-refractivity contribution in [3.8, 4) is 5.75 Å². The Morgan fingerprint density at radius 1 is 1.20 bits per heavy atom. The summed E-state index contributed by atoms with van der Waals surface area (Å²) in [6.07, 6.45) is 4.89. The van der Waals surface area contributed by atoms with Gasteiger partial charge in [0.2, 0.25) is 5.95 Å². The van der Waals surface area contributed by atoms with Gasteiger partial charge in [-0.25, -0.2) is 9.37 Å². The Bertz CT molecular complexity index is 1220. The van der Waals surface area contributed by atoms with Crippen LogP contribution in [0.5, 0.6) is 5.75 Å². The number of rotatable bonds is 6. The molecule has 4 rings (SSSR count). The fraction of sp³-hybridized carbons (Fsp3) is 0.0952. The fourth-order valence-corrected chi connectivity index (χ4v) is 2.98. The Morgan fingerprint density at radius 3 is 2.87 bits per heavy atom. The molecule has 8 nitrogen and oxygen atoms in total. The molecule has 3 N–H and O–H groups in total. The summed E-state index contributed by atoms with van der Waals surface area (Å²) in [6, 6.07) is 11.8. The topological polar surface area (TPSA) is 101 Å². The van der Waals surface area contributed by atoms with Crippen LogP contribution in [-0.4, -0.2) is 32.6 Å². The zero-order valence-corrected chi connectivity index (χ0v) is 16.0. The number of phenolic OH excluding ortho intramolecular Hbond substituents is 1. The van der Waals surface area contributed by atoms with Crippen molar-refractivity contribution in [3.63, 3.8) is 0 Å². The number of aromatic nitrogens is 3. The normalized spacial score (nSPS) is 10.7. The van der Waals surface area contributed by atoms with E-state index in [1.54, 1.807) is 12.1 Å². The number of esters is 1. The molecule has 9 heteroatoms. The van der Waals surface area contributed by atoms with E-state index >= 15 is 0 Å². The van der Waals surface area contributed by atoms with Gasteiger partial charge in [0, 0.05) is 29.7 Å². The highest BCUT2D eigenvalue weighted by Crippen LogP contribution is 2.23. The molecule has 4 aromatic rings. The number of halogens is 1. The number of ether oxygens (including phenoxy) is 1. The Morgan fingerprint density at radius 2 is 2.07 bits per heavy atom. The fourth-order valence-electron chi connectivity index (χ4n) is 2.98. The maximum Gasteiger partial charge on any atom is 0.310 e. The van der Waals surface area contributed by atoms with Gasteiger partial charge in [0.25, 0.3) is 0 Å². The van der Waals surface area contributed by atoms with Crippen molar-refractivity contribution in [3.05, 3.63) is 72.4 Å². The third-order valence-corrected chi connectivity index (χ3v) is 4.41. The molecule has 30 heavy (non-hydrogen) atoms. The number of pyridine rings is 1. The maximum atomic E-state index is 14.1. The van der Waals surface area contributed by atoms with E-state index in [-0.39, 0.29) is 29.9 Å². The SMILES string of the molecule is COC(=O)Cc1ccn2cc(Nc3ncc(F)c(Nc4cccc(O)c4)n3)ccc12. The Balaban J connectivity index is 1.55. The van der Waals surface area contributed by atoms with Crippen molar-refractivity contribution < 1.29 is 19.0 Å². The van der Waals surface area contributed by atoms with Gasteiger partial charge in [-0.3, -0.25) is 4.79 Å². The predicted octanol–water partition coefficient (Wildman–Crippen LogP) is 3.78. The zero-order valence-electron chi connectivity index (χ0n) is 16.0. The molecule has 0 aliphatic heterocycles. The van der Waals surface area contributed by atoms with Gasteiger partial charge in [-0.15, -0.1) is 0 Å². The summed E-state index contributed by atoms with van der Waals surface area (Å²) in [7, 11) is 1.36. The average molecular weight is 407 g/mol.